The largest absolute Gasteiger partial charge is 0.383 e. The van der Waals surface area contributed by atoms with E-state index in [1.807, 2.05) is 18.2 Å². The van der Waals surface area contributed by atoms with Crippen LogP contribution in [0.25, 0.3) is 0 Å². The van der Waals surface area contributed by atoms with Gasteiger partial charge in [-0.15, -0.1) is 0 Å². The number of hydrogen-bond donors (Lipinski definition) is 2. The molecule has 1 fully saturated rings. The fourth-order valence-corrected chi connectivity index (χ4v) is 3.39. The third-order valence-electron chi connectivity index (χ3n) is 4.07. The van der Waals surface area contributed by atoms with E-state index < -0.39 is 0 Å². The maximum Gasteiger partial charge on any atom is 0.226 e. The number of carbonyl (C=O) groups is 1. The molecule has 2 aromatic carbocycles. The van der Waals surface area contributed by atoms with Gasteiger partial charge in [0, 0.05) is 41.8 Å². The fourth-order valence-electron chi connectivity index (χ4n) is 2.86. The van der Waals surface area contributed by atoms with Crippen molar-refractivity contribution in [3.8, 4) is 0 Å². The summed E-state index contributed by atoms with van der Waals surface area (Å²) in [4.78, 5) is 14.4. The van der Waals surface area contributed by atoms with Crippen molar-refractivity contribution in [2.45, 2.75) is 6.42 Å². The van der Waals surface area contributed by atoms with E-state index in [1.165, 1.54) is 0 Å². The Hall–Kier alpha value is -1.95. The second-order valence-electron chi connectivity index (χ2n) is 6.00. The SMILES string of the molecule is O=C(CCNc1ccccc1N1CCOCC1)Nc1cc(Cl)cc(Cl)c1. The highest BCUT2D eigenvalue weighted by Crippen LogP contribution is 2.26. The maximum atomic E-state index is 12.1. The van der Waals surface area contributed by atoms with Crippen molar-refractivity contribution >= 4 is 46.2 Å². The molecule has 3 rings (SSSR count). The van der Waals surface area contributed by atoms with Crippen LogP contribution in [0.1, 0.15) is 6.42 Å². The van der Waals surface area contributed by atoms with Crippen LogP contribution in [0.15, 0.2) is 42.5 Å². The van der Waals surface area contributed by atoms with Gasteiger partial charge in [-0.05, 0) is 30.3 Å². The molecule has 0 spiro atoms. The minimum absolute atomic E-state index is 0.0975. The molecule has 138 valence electrons. The first-order valence-corrected chi connectivity index (χ1v) is 9.29. The van der Waals surface area contributed by atoms with E-state index in [1.54, 1.807) is 18.2 Å². The molecule has 0 saturated carbocycles. The summed E-state index contributed by atoms with van der Waals surface area (Å²) >= 11 is 11.9. The Morgan fingerprint density at radius 2 is 1.77 bits per heavy atom. The lowest BCUT2D eigenvalue weighted by Crippen LogP contribution is -2.36. The molecule has 1 aliphatic rings. The summed E-state index contributed by atoms with van der Waals surface area (Å²) in [5, 5.41) is 7.15. The van der Waals surface area contributed by atoms with E-state index in [0.29, 0.717) is 28.7 Å². The van der Waals surface area contributed by atoms with Crippen LogP contribution in [0.2, 0.25) is 10.0 Å². The first-order chi connectivity index (χ1) is 12.6. The minimum Gasteiger partial charge on any atom is -0.383 e. The molecule has 0 aromatic heterocycles. The molecule has 7 heteroatoms. The standard InChI is InChI=1S/C19H21Cl2N3O2/c20-14-11-15(21)13-16(12-14)23-19(25)5-6-22-17-3-1-2-4-18(17)24-7-9-26-10-8-24/h1-4,11-13,22H,5-10H2,(H,23,25). The van der Waals surface area contributed by atoms with Crippen molar-refractivity contribution in [3.05, 3.63) is 52.5 Å². The van der Waals surface area contributed by atoms with Gasteiger partial charge in [0.15, 0.2) is 0 Å². The summed E-state index contributed by atoms with van der Waals surface area (Å²) in [5.74, 6) is -0.0975. The Morgan fingerprint density at radius 1 is 1.08 bits per heavy atom. The smallest absolute Gasteiger partial charge is 0.226 e. The fraction of sp³-hybridized carbons (Fsp3) is 0.316. The highest BCUT2D eigenvalue weighted by molar-refractivity contribution is 6.35. The molecule has 1 heterocycles. The van der Waals surface area contributed by atoms with E-state index in [9.17, 15) is 4.79 Å². The number of benzene rings is 2. The third kappa shape index (κ3) is 5.27. The molecule has 2 N–H and O–H groups in total. The minimum atomic E-state index is -0.0975. The second kappa shape index (κ2) is 9.12. The van der Waals surface area contributed by atoms with Gasteiger partial charge in [0.05, 0.1) is 24.6 Å². The number of para-hydroxylation sites is 2. The number of amides is 1. The topological polar surface area (TPSA) is 53.6 Å². The molecule has 0 radical (unpaired) electrons. The lowest BCUT2D eigenvalue weighted by Gasteiger charge is -2.30. The number of rotatable bonds is 6. The van der Waals surface area contributed by atoms with E-state index in [4.69, 9.17) is 27.9 Å². The molecule has 2 aromatic rings. The predicted molar refractivity (Wildman–Crippen MR) is 108 cm³/mol. The zero-order valence-corrected chi connectivity index (χ0v) is 15.8. The molecule has 5 nitrogen and oxygen atoms in total. The zero-order valence-electron chi connectivity index (χ0n) is 14.3. The van der Waals surface area contributed by atoms with Crippen LogP contribution in [0, 0.1) is 0 Å². The number of hydrogen-bond acceptors (Lipinski definition) is 4. The Labute approximate surface area is 163 Å². The molecular weight excluding hydrogens is 373 g/mol. The predicted octanol–water partition coefficient (Wildman–Crippen LogP) is 4.27. The molecule has 26 heavy (non-hydrogen) atoms. The van der Waals surface area contributed by atoms with Gasteiger partial charge in [-0.3, -0.25) is 4.79 Å². The van der Waals surface area contributed by atoms with Crippen molar-refractivity contribution in [3.63, 3.8) is 0 Å². The molecule has 1 saturated heterocycles. The van der Waals surface area contributed by atoms with Crippen LogP contribution in [0.4, 0.5) is 17.1 Å². The first-order valence-electron chi connectivity index (χ1n) is 8.53. The summed E-state index contributed by atoms with van der Waals surface area (Å²) in [6, 6.07) is 13.1. The lowest BCUT2D eigenvalue weighted by molar-refractivity contribution is -0.115. The number of ether oxygens (including phenoxy) is 1. The van der Waals surface area contributed by atoms with E-state index in [2.05, 4.69) is 21.6 Å². The van der Waals surface area contributed by atoms with Crippen molar-refractivity contribution < 1.29 is 9.53 Å². The summed E-state index contributed by atoms with van der Waals surface area (Å²) < 4.78 is 5.41. The molecule has 0 atom stereocenters. The monoisotopic (exact) mass is 393 g/mol. The average molecular weight is 394 g/mol. The molecule has 1 aliphatic heterocycles. The Bertz CT molecular complexity index is 744. The Balaban J connectivity index is 1.54. The zero-order chi connectivity index (χ0) is 18.4. The van der Waals surface area contributed by atoms with Crippen molar-refractivity contribution in [1.82, 2.24) is 0 Å². The van der Waals surface area contributed by atoms with E-state index >= 15 is 0 Å². The van der Waals surface area contributed by atoms with E-state index in [-0.39, 0.29) is 5.91 Å². The van der Waals surface area contributed by atoms with Gasteiger partial charge < -0.3 is 20.3 Å². The Kier molecular flexibility index (Phi) is 6.61. The van der Waals surface area contributed by atoms with Gasteiger partial charge in [-0.25, -0.2) is 0 Å². The summed E-state index contributed by atoms with van der Waals surface area (Å²) in [6.07, 6.45) is 0.335. The van der Waals surface area contributed by atoms with Crippen LogP contribution in [0.3, 0.4) is 0 Å². The van der Waals surface area contributed by atoms with Gasteiger partial charge in [0.1, 0.15) is 0 Å². The summed E-state index contributed by atoms with van der Waals surface area (Å²) in [5.41, 5.74) is 2.76. The normalized spacial score (nSPS) is 14.2. The number of nitrogens with zero attached hydrogens (tertiary/aromatic N) is 1. The molecule has 0 bridgehead atoms. The number of halogens is 2. The first kappa shape index (κ1) is 18.8. The number of nitrogens with one attached hydrogen (secondary N) is 2. The van der Waals surface area contributed by atoms with Crippen LogP contribution in [0.5, 0.6) is 0 Å². The van der Waals surface area contributed by atoms with E-state index in [0.717, 1.165) is 37.7 Å². The average Bonchev–Trinajstić information content (AvgIpc) is 2.62. The maximum absolute atomic E-state index is 12.1. The lowest BCUT2D eigenvalue weighted by atomic mass is 10.2. The molecule has 0 unspecified atom stereocenters. The van der Waals surface area contributed by atoms with Crippen molar-refractivity contribution in [2.24, 2.45) is 0 Å². The van der Waals surface area contributed by atoms with Crippen molar-refractivity contribution in [2.75, 3.05) is 48.4 Å². The third-order valence-corrected chi connectivity index (χ3v) is 4.51. The van der Waals surface area contributed by atoms with Crippen LogP contribution in [-0.2, 0) is 9.53 Å². The summed E-state index contributed by atoms with van der Waals surface area (Å²) in [7, 11) is 0. The van der Waals surface area contributed by atoms with Gasteiger partial charge in [-0.1, -0.05) is 35.3 Å². The van der Waals surface area contributed by atoms with Gasteiger partial charge in [0.2, 0.25) is 5.91 Å². The van der Waals surface area contributed by atoms with Gasteiger partial charge in [0.25, 0.3) is 0 Å². The highest BCUT2D eigenvalue weighted by atomic mass is 35.5. The molecule has 0 aliphatic carbocycles. The van der Waals surface area contributed by atoms with Crippen LogP contribution in [-0.4, -0.2) is 38.8 Å². The number of anilines is 3. The number of carbonyl (C=O) groups excluding carboxylic acids is 1. The van der Waals surface area contributed by atoms with Gasteiger partial charge in [-0.2, -0.15) is 0 Å². The van der Waals surface area contributed by atoms with Gasteiger partial charge >= 0.3 is 0 Å². The molecular formula is C19H21Cl2N3O2. The van der Waals surface area contributed by atoms with Crippen LogP contribution >= 0.6 is 23.2 Å². The quantitative estimate of drug-likeness (QED) is 0.769. The highest BCUT2D eigenvalue weighted by Gasteiger charge is 2.14. The Morgan fingerprint density at radius 3 is 2.50 bits per heavy atom. The second-order valence-corrected chi connectivity index (χ2v) is 6.87. The molecule has 1 amide bonds. The summed E-state index contributed by atoms with van der Waals surface area (Å²) in [6.45, 7) is 3.74. The van der Waals surface area contributed by atoms with Crippen LogP contribution < -0.4 is 15.5 Å². The van der Waals surface area contributed by atoms with Crippen molar-refractivity contribution in [1.29, 1.82) is 0 Å². The number of morpholine rings is 1.